The summed E-state index contributed by atoms with van der Waals surface area (Å²) in [4.78, 5) is 24.6. The van der Waals surface area contributed by atoms with Gasteiger partial charge in [-0.15, -0.1) is 0 Å². The number of carboxylic acids is 2. The van der Waals surface area contributed by atoms with Crippen LogP contribution in [-0.2, 0) is 34.3 Å². The minimum absolute atomic E-state index is 0.0175. The molecule has 17 heteroatoms. The van der Waals surface area contributed by atoms with Gasteiger partial charge in [0.15, 0.2) is 25.0 Å². The molecular formula is C26H62O10Si7. The Morgan fingerprint density at radius 2 is 0.837 bits per heavy atom. The number of carboxylic acid groups (broad SMARTS) is 2. The minimum Gasteiger partial charge on any atom is -0.478 e. The van der Waals surface area contributed by atoms with E-state index in [9.17, 15) is 19.8 Å². The first-order chi connectivity index (χ1) is 18.6. The highest BCUT2D eigenvalue weighted by molar-refractivity contribution is 6.92. The van der Waals surface area contributed by atoms with Gasteiger partial charge < -0.3 is 34.9 Å². The van der Waals surface area contributed by atoms with Crippen molar-refractivity contribution in [2.75, 3.05) is 0 Å². The van der Waals surface area contributed by atoms with Crippen molar-refractivity contribution in [3.05, 3.63) is 11.1 Å². The van der Waals surface area contributed by atoms with Gasteiger partial charge in [-0.05, 0) is 116 Å². The molecule has 0 aromatic heterocycles. The van der Waals surface area contributed by atoms with Crippen molar-refractivity contribution >= 4 is 71.4 Å². The predicted octanol–water partition coefficient (Wildman–Crippen LogP) is 7.93. The van der Waals surface area contributed by atoms with Crippen LogP contribution < -0.4 is 0 Å². The molecule has 2 N–H and O–H groups in total. The van der Waals surface area contributed by atoms with Crippen LogP contribution in [0.15, 0.2) is 11.1 Å². The third kappa shape index (κ3) is 18.0. The van der Waals surface area contributed by atoms with Crippen LogP contribution in [0.4, 0.5) is 0 Å². The molecule has 0 aliphatic rings. The van der Waals surface area contributed by atoms with Crippen LogP contribution >= 0.6 is 0 Å². The van der Waals surface area contributed by atoms with Crippen LogP contribution in [0.3, 0.4) is 0 Å². The smallest absolute Gasteiger partial charge is 0.474 e. The maximum absolute atomic E-state index is 12.4. The molecule has 0 aromatic carbocycles. The molecule has 10 nitrogen and oxygen atoms in total. The molecule has 254 valence electrons. The van der Waals surface area contributed by atoms with Crippen molar-refractivity contribution in [3.8, 4) is 0 Å². The lowest BCUT2D eigenvalue weighted by Gasteiger charge is -2.46. The van der Waals surface area contributed by atoms with Crippen LogP contribution in [-0.4, -0.2) is 81.6 Å². The minimum atomic E-state index is -3.70. The zero-order chi connectivity index (χ0) is 34.7. The first kappa shape index (κ1) is 43.0. The highest BCUT2D eigenvalue weighted by Gasteiger charge is 2.56. The Kier molecular flexibility index (Phi) is 14.8. The third-order valence-electron chi connectivity index (χ3n) is 5.29. The molecule has 0 atom stereocenters. The molecule has 0 rings (SSSR count). The zero-order valence-corrected chi connectivity index (χ0v) is 37.3. The number of aliphatic carboxylic acids is 2. The van der Waals surface area contributed by atoms with Crippen molar-refractivity contribution < 1.29 is 44.5 Å². The number of hydrogen-bond acceptors (Lipinski definition) is 8. The normalized spacial score (nSPS) is 15.4. The van der Waals surface area contributed by atoms with Crippen LogP contribution in [0.25, 0.3) is 0 Å². The molecule has 0 fully saturated rings. The van der Waals surface area contributed by atoms with Gasteiger partial charge in [0.05, 0.1) is 5.57 Å². The molecule has 0 heterocycles. The Bertz CT molecular complexity index is 928. The summed E-state index contributed by atoms with van der Waals surface area (Å²) in [6, 6.07) is 0.267. The molecule has 0 saturated heterocycles. The SMILES string of the molecule is CC(C)(C)C(C(=O)O)=C(CCC[Si](O[Si](C)(C)O[Si](C)(C)C)(O[Si](C)(C)O[Si](C)(C)C)O[Si](C)(C)O[Si](C)(C)C)C(=O)O. The first-order valence-corrected chi connectivity index (χ1v) is 35.6. The van der Waals surface area contributed by atoms with Crippen LogP contribution in [0.5, 0.6) is 0 Å². The maximum atomic E-state index is 12.4. The summed E-state index contributed by atoms with van der Waals surface area (Å²) in [6.45, 7) is 36.1. The van der Waals surface area contributed by atoms with Gasteiger partial charge in [-0.2, -0.15) is 0 Å². The maximum Gasteiger partial charge on any atom is 0.474 e. The molecule has 0 unspecified atom stereocenters. The second kappa shape index (κ2) is 14.8. The van der Waals surface area contributed by atoms with E-state index in [-0.39, 0.29) is 30.0 Å². The van der Waals surface area contributed by atoms with E-state index in [2.05, 4.69) is 58.9 Å². The van der Waals surface area contributed by atoms with Crippen LogP contribution in [0.2, 0.25) is 104 Å². The van der Waals surface area contributed by atoms with Gasteiger partial charge in [0, 0.05) is 11.6 Å². The fourth-order valence-electron chi connectivity index (χ4n) is 5.34. The zero-order valence-electron chi connectivity index (χ0n) is 30.3. The standard InChI is InChI=1S/C26H62O10Si7/c1-26(2,3)23(25(29)30)22(24(27)28)20-19-21-43(34-40(13,14)31-37(4,5)6,35-41(15,16)32-38(7,8)9)36-42(17,18)33-39(10,11)12/h19-21H2,1-18H3,(H,27,28)(H,29,30). The second-order valence-corrected chi connectivity index (χ2v) is 44.2. The van der Waals surface area contributed by atoms with E-state index in [4.69, 9.17) is 24.7 Å². The molecule has 0 aliphatic heterocycles. The second-order valence-electron chi connectivity index (χ2n) is 16.4. The molecule has 0 aromatic rings. The summed E-state index contributed by atoms with van der Waals surface area (Å²) in [5.74, 6) is -2.48. The molecular weight excluding hydrogens is 669 g/mol. The van der Waals surface area contributed by atoms with Crippen molar-refractivity contribution in [1.29, 1.82) is 0 Å². The van der Waals surface area contributed by atoms with Gasteiger partial charge in [-0.25, -0.2) is 9.59 Å². The van der Waals surface area contributed by atoms with E-state index < -0.39 is 76.8 Å². The first-order valence-electron chi connectivity index (χ1n) is 15.0. The quantitative estimate of drug-likeness (QED) is 0.106. The Morgan fingerprint density at radius 1 is 0.535 bits per heavy atom. The van der Waals surface area contributed by atoms with Gasteiger partial charge in [-0.1, -0.05) is 20.8 Å². The van der Waals surface area contributed by atoms with Gasteiger partial charge >= 0.3 is 46.4 Å². The highest BCUT2D eigenvalue weighted by Crippen LogP contribution is 2.36. The average molecular weight is 731 g/mol. The van der Waals surface area contributed by atoms with Crippen molar-refractivity contribution in [1.82, 2.24) is 0 Å². The summed E-state index contributed by atoms with van der Waals surface area (Å²) in [7, 11) is -18.3. The van der Waals surface area contributed by atoms with E-state index in [1.165, 1.54) is 0 Å². The fraction of sp³-hybridized carbons (Fsp3) is 0.846. The molecule has 0 aliphatic carbocycles. The molecule has 0 bridgehead atoms. The average Bonchev–Trinajstić information content (AvgIpc) is 2.57. The van der Waals surface area contributed by atoms with E-state index in [0.717, 1.165) is 0 Å². The number of rotatable bonds is 18. The molecule has 0 spiro atoms. The van der Waals surface area contributed by atoms with Gasteiger partial charge in [0.2, 0.25) is 0 Å². The van der Waals surface area contributed by atoms with Crippen LogP contribution in [0, 0.1) is 5.41 Å². The van der Waals surface area contributed by atoms with Crippen LogP contribution in [0.1, 0.15) is 33.6 Å². The van der Waals surface area contributed by atoms with Gasteiger partial charge in [0.25, 0.3) is 0 Å². The lowest BCUT2D eigenvalue weighted by atomic mass is 9.82. The summed E-state index contributed by atoms with van der Waals surface area (Å²) in [5, 5.41) is 20.1. The Balaban J connectivity index is 7.14. The number of hydrogen-bond donors (Lipinski definition) is 2. The lowest BCUT2D eigenvalue weighted by molar-refractivity contribution is -0.137. The highest BCUT2D eigenvalue weighted by atomic mass is 28.5. The van der Waals surface area contributed by atoms with E-state index in [1.54, 1.807) is 20.8 Å². The van der Waals surface area contributed by atoms with Gasteiger partial charge in [-0.3, -0.25) is 0 Å². The topological polar surface area (TPSA) is 130 Å². The predicted molar refractivity (Wildman–Crippen MR) is 191 cm³/mol. The molecule has 0 saturated carbocycles. The molecule has 0 radical (unpaired) electrons. The molecule has 0 amide bonds. The molecule has 43 heavy (non-hydrogen) atoms. The van der Waals surface area contributed by atoms with E-state index in [0.29, 0.717) is 0 Å². The van der Waals surface area contributed by atoms with Gasteiger partial charge in [0.1, 0.15) is 0 Å². The summed E-state index contributed by atoms with van der Waals surface area (Å²) in [5.41, 5.74) is -1.10. The summed E-state index contributed by atoms with van der Waals surface area (Å²) in [6.07, 6.45) is 0.302. The van der Waals surface area contributed by atoms with E-state index in [1.807, 2.05) is 39.3 Å². The Morgan fingerprint density at radius 3 is 1.05 bits per heavy atom. The monoisotopic (exact) mass is 730 g/mol. The largest absolute Gasteiger partial charge is 0.478 e. The van der Waals surface area contributed by atoms with Crippen molar-refractivity contribution in [3.63, 3.8) is 0 Å². The van der Waals surface area contributed by atoms with Crippen molar-refractivity contribution in [2.24, 2.45) is 5.41 Å². The Labute approximate surface area is 269 Å². The lowest BCUT2D eigenvalue weighted by Crippen LogP contribution is -2.66. The summed E-state index contributed by atoms with van der Waals surface area (Å²) >= 11 is 0. The third-order valence-corrected chi connectivity index (χ3v) is 29.1. The fourth-order valence-corrected chi connectivity index (χ4v) is 37.1. The number of carbonyl (C=O) groups is 2. The van der Waals surface area contributed by atoms with Crippen molar-refractivity contribution in [2.45, 2.75) is 138 Å². The summed E-state index contributed by atoms with van der Waals surface area (Å²) < 4.78 is 40.9. The Hall–Kier alpha value is -0.0418. The van der Waals surface area contributed by atoms with E-state index >= 15 is 0 Å².